The van der Waals surface area contributed by atoms with Crippen molar-refractivity contribution in [2.24, 2.45) is 0 Å². The monoisotopic (exact) mass is 249 g/mol. The lowest BCUT2D eigenvalue weighted by Gasteiger charge is -2.19. The summed E-state index contributed by atoms with van der Waals surface area (Å²) in [7, 11) is 0. The molecule has 2 rings (SSSR count). The average molecular weight is 249 g/mol. The van der Waals surface area contributed by atoms with Crippen LogP contribution in [0.4, 0.5) is 0 Å². The van der Waals surface area contributed by atoms with Gasteiger partial charge in [-0.2, -0.15) is 0 Å². The maximum Gasteiger partial charge on any atom is 0.332 e. The normalized spacial score (nSPS) is 20.6. The Bertz CT molecular complexity index is 432. The minimum atomic E-state index is -1.01. The van der Waals surface area contributed by atoms with E-state index in [0.717, 1.165) is 5.56 Å². The van der Waals surface area contributed by atoms with Crippen LogP contribution in [0.5, 0.6) is 0 Å². The molecule has 1 aromatic carbocycles. The highest BCUT2D eigenvalue weighted by molar-refractivity contribution is 5.79. The van der Waals surface area contributed by atoms with Crippen molar-refractivity contribution >= 4 is 11.9 Å². The summed E-state index contributed by atoms with van der Waals surface area (Å²) >= 11 is 0. The smallest absolute Gasteiger partial charge is 0.332 e. The summed E-state index contributed by atoms with van der Waals surface area (Å²) in [5, 5.41) is 8.87. The first kappa shape index (κ1) is 12.6. The molecule has 1 heterocycles. The van der Waals surface area contributed by atoms with E-state index in [1.54, 1.807) is 4.90 Å². The molecule has 1 fully saturated rings. The molecule has 5 nitrogen and oxygen atoms in total. The van der Waals surface area contributed by atoms with Gasteiger partial charge in [-0.05, 0) is 5.56 Å². The number of hydrogen-bond acceptors (Lipinski definition) is 3. The minimum absolute atomic E-state index is 0.163. The van der Waals surface area contributed by atoms with Crippen LogP contribution in [-0.4, -0.2) is 41.1 Å². The molecule has 1 N–H and O–H groups in total. The molecule has 0 aliphatic carbocycles. The van der Waals surface area contributed by atoms with Crippen molar-refractivity contribution in [3.8, 4) is 0 Å². The van der Waals surface area contributed by atoms with Crippen molar-refractivity contribution in [3.63, 3.8) is 0 Å². The molecule has 1 aliphatic rings. The largest absolute Gasteiger partial charge is 0.479 e. The maximum absolute atomic E-state index is 11.8. The molecule has 96 valence electrons. The van der Waals surface area contributed by atoms with Crippen LogP contribution in [-0.2, 0) is 20.9 Å². The Morgan fingerprint density at radius 1 is 1.39 bits per heavy atom. The number of amides is 1. The van der Waals surface area contributed by atoms with Crippen molar-refractivity contribution < 1.29 is 19.4 Å². The second-order valence-electron chi connectivity index (χ2n) is 4.23. The number of hydrogen-bond donors (Lipinski definition) is 1. The molecule has 0 saturated carbocycles. The van der Waals surface area contributed by atoms with Gasteiger partial charge in [-0.3, -0.25) is 4.79 Å². The van der Waals surface area contributed by atoms with E-state index < -0.39 is 12.1 Å². The lowest BCUT2D eigenvalue weighted by atomic mass is 10.2. The summed E-state index contributed by atoms with van der Waals surface area (Å²) in [6.07, 6.45) is -0.553. The first-order valence-electron chi connectivity index (χ1n) is 5.83. The van der Waals surface area contributed by atoms with E-state index in [2.05, 4.69) is 0 Å². The lowest BCUT2D eigenvalue weighted by molar-refractivity contribution is -0.151. The average Bonchev–Trinajstić information content (AvgIpc) is 2.54. The lowest BCUT2D eigenvalue weighted by Crippen LogP contribution is -2.32. The highest BCUT2D eigenvalue weighted by Gasteiger charge is 2.27. The summed E-state index contributed by atoms with van der Waals surface area (Å²) < 4.78 is 5.05. The third kappa shape index (κ3) is 3.07. The Morgan fingerprint density at radius 2 is 2.11 bits per heavy atom. The van der Waals surface area contributed by atoms with Gasteiger partial charge in [0.1, 0.15) is 6.61 Å². The third-order valence-electron chi connectivity index (χ3n) is 2.91. The van der Waals surface area contributed by atoms with Gasteiger partial charge in [0.15, 0.2) is 6.10 Å². The molecule has 1 aliphatic heterocycles. The molecule has 0 aromatic heterocycles. The van der Waals surface area contributed by atoms with E-state index in [4.69, 9.17) is 9.84 Å². The summed E-state index contributed by atoms with van der Waals surface area (Å²) in [6, 6.07) is 9.61. The summed E-state index contributed by atoms with van der Waals surface area (Å²) in [5.74, 6) is -1.17. The number of carboxylic acid groups (broad SMARTS) is 1. The van der Waals surface area contributed by atoms with Gasteiger partial charge in [0.05, 0.1) is 0 Å². The van der Waals surface area contributed by atoms with Gasteiger partial charge in [0.25, 0.3) is 0 Å². The standard InChI is InChI=1S/C13H15NO4/c15-12-9-18-11(13(16)17)6-7-14(12)8-10-4-2-1-3-5-10/h1-5,11H,6-9H2,(H,16,17)/t11-/m0/s1. The van der Waals surface area contributed by atoms with E-state index in [9.17, 15) is 9.59 Å². The summed E-state index contributed by atoms with van der Waals surface area (Å²) in [6.45, 7) is 0.740. The number of benzene rings is 1. The van der Waals surface area contributed by atoms with Crippen LogP contribution < -0.4 is 0 Å². The van der Waals surface area contributed by atoms with Crippen LogP contribution in [0, 0.1) is 0 Å². The van der Waals surface area contributed by atoms with Crippen LogP contribution in [0.1, 0.15) is 12.0 Å². The quantitative estimate of drug-likeness (QED) is 0.863. The van der Waals surface area contributed by atoms with E-state index in [-0.39, 0.29) is 12.5 Å². The van der Waals surface area contributed by atoms with Crippen molar-refractivity contribution in [2.75, 3.05) is 13.2 Å². The van der Waals surface area contributed by atoms with Crippen LogP contribution in [0.15, 0.2) is 30.3 Å². The number of carbonyl (C=O) groups excluding carboxylic acids is 1. The van der Waals surface area contributed by atoms with Gasteiger partial charge in [-0.15, -0.1) is 0 Å². The van der Waals surface area contributed by atoms with Crippen LogP contribution in [0.3, 0.4) is 0 Å². The van der Waals surface area contributed by atoms with Gasteiger partial charge < -0.3 is 14.7 Å². The maximum atomic E-state index is 11.8. The molecule has 1 amide bonds. The van der Waals surface area contributed by atoms with E-state index in [1.807, 2.05) is 30.3 Å². The predicted molar refractivity (Wildman–Crippen MR) is 63.9 cm³/mol. The molecule has 0 bridgehead atoms. The number of carbonyl (C=O) groups is 2. The first-order chi connectivity index (χ1) is 8.66. The molecule has 18 heavy (non-hydrogen) atoms. The van der Waals surface area contributed by atoms with E-state index in [1.165, 1.54) is 0 Å². The Kier molecular flexibility index (Phi) is 3.94. The Labute approximate surface area is 105 Å². The van der Waals surface area contributed by atoms with Crippen molar-refractivity contribution in [1.29, 1.82) is 0 Å². The Balaban J connectivity index is 2.00. The first-order valence-corrected chi connectivity index (χ1v) is 5.83. The van der Waals surface area contributed by atoms with Gasteiger partial charge in [0, 0.05) is 19.5 Å². The molecule has 0 unspecified atom stereocenters. The van der Waals surface area contributed by atoms with Crippen molar-refractivity contribution in [1.82, 2.24) is 4.90 Å². The third-order valence-corrected chi connectivity index (χ3v) is 2.91. The predicted octanol–water partition coefficient (Wildman–Crippen LogP) is 0.889. The minimum Gasteiger partial charge on any atom is -0.479 e. The zero-order valence-electron chi connectivity index (χ0n) is 9.91. The SMILES string of the molecule is O=C(O)[C@@H]1CCN(Cc2ccccc2)C(=O)CO1. The molecular weight excluding hydrogens is 234 g/mol. The Hall–Kier alpha value is -1.88. The van der Waals surface area contributed by atoms with E-state index >= 15 is 0 Å². The molecule has 1 saturated heterocycles. The fraction of sp³-hybridized carbons (Fsp3) is 0.385. The molecule has 0 spiro atoms. The van der Waals surface area contributed by atoms with Gasteiger partial charge in [0.2, 0.25) is 5.91 Å². The fourth-order valence-electron chi connectivity index (χ4n) is 1.91. The van der Waals surface area contributed by atoms with Gasteiger partial charge in [-0.25, -0.2) is 4.79 Å². The fourth-order valence-corrected chi connectivity index (χ4v) is 1.91. The number of carboxylic acids is 1. The summed E-state index contributed by atoms with van der Waals surface area (Å²) in [5.41, 5.74) is 1.03. The summed E-state index contributed by atoms with van der Waals surface area (Å²) in [4.78, 5) is 24.3. The van der Waals surface area contributed by atoms with Crippen molar-refractivity contribution in [2.45, 2.75) is 19.1 Å². The number of nitrogens with zero attached hydrogens (tertiary/aromatic N) is 1. The number of ether oxygens (including phenoxy) is 1. The molecule has 1 atom stereocenters. The Morgan fingerprint density at radius 3 is 2.78 bits per heavy atom. The second kappa shape index (κ2) is 5.64. The zero-order valence-corrected chi connectivity index (χ0v) is 9.91. The highest BCUT2D eigenvalue weighted by atomic mass is 16.5. The zero-order chi connectivity index (χ0) is 13.0. The van der Waals surface area contributed by atoms with Gasteiger partial charge in [-0.1, -0.05) is 30.3 Å². The molecule has 5 heteroatoms. The number of rotatable bonds is 3. The van der Waals surface area contributed by atoms with Crippen LogP contribution in [0.25, 0.3) is 0 Å². The topological polar surface area (TPSA) is 66.8 Å². The van der Waals surface area contributed by atoms with Crippen LogP contribution >= 0.6 is 0 Å². The second-order valence-corrected chi connectivity index (χ2v) is 4.23. The highest BCUT2D eigenvalue weighted by Crippen LogP contribution is 2.12. The van der Waals surface area contributed by atoms with E-state index in [0.29, 0.717) is 19.5 Å². The molecule has 0 radical (unpaired) electrons. The molecular formula is C13H15NO4. The van der Waals surface area contributed by atoms with Crippen LogP contribution in [0.2, 0.25) is 0 Å². The van der Waals surface area contributed by atoms with Gasteiger partial charge >= 0.3 is 5.97 Å². The number of aliphatic carboxylic acids is 1. The van der Waals surface area contributed by atoms with Crippen molar-refractivity contribution in [3.05, 3.63) is 35.9 Å². The molecule has 1 aromatic rings.